The van der Waals surface area contributed by atoms with Gasteiger partial charge in [0.15, 0.2) is 5.65 Å². The van der Waals surface area contributed by atoms with Crippen molar-refractivity contribution < 1.29 is 4.74 Å². The Kier molecular flexibility index (Phi) is 3.09. The second kappa shape index (κ2) is 4.74. The molecule has 18 heavy (non-hydrogen) atoms. The molecule has 0 aliphatic carbocycles. The minimum Gasteiger partial charge on any atom is -0.376 e. The Morgan fingerprint density at radius 3 is 3.17 bits per heavy atom. The van der Waals surface area contributed by atoms with E-state index >= 15 is 0 Å². The van der Waals surface area contributed by atoms with Gasteiger partial charge in [0, 0.05) is 12.8 Å². The van der Waals surface area contributed by atoms with E-state index in [1.807, 2.05) is 4.57 Å². The van der Waals surface area contributed by atoms with E-state index in [1.165, 1.54) is 6.42 Å². The molecule has 3 heterocycles. The Morgan fingerprint density at radius 2 is 2.39 bits per heavy atom. The molecule has 0 aromatic carbocycles. The van der Waals surface area contributed by atoms with Crippen LogP contribution in [0.2, 0.25) is 5.02 Å². The first-order chi connectivity index (χ1) is 8.74. The van der Waals surface area contributed by atoms with E-state index in [0.29, 0.717) is 17.5 Å². The molecule has 96 valence electrons. The number of pyridine rings is 1. The number of nitrogen functional groups attached to an aromatic ring is 1. The van der Waals surface area contributed by atoms with E-state index < -0.39 is 0 Å². The van der Waals surface area contributed by atoms with Crippen LogP contribution in [-0.4, -0.2) is 27.2 Å². The smallest absolute Gasteiger partial charge is 0.202 e. The van der Waals surface area contributed by atoms with E-state index in [9.17, 15) is 0 Å². The molecule has 2 aromatic heterocycles. The summed E-state index contributed by atoms with van der Waals surface area (Å²) < 4.78 is 7.63. The zero-order valence-corrected chi connectivity index (χ0v) is 10.7. The van der Waals surface area contributed by atoms with E-state index in [1.54, 1.807) is 12.3 Å². The number of hydrogen-bond donors (Lipinski definition) is 1. The molecule has 1 fully saturated rings. The third kappa shape index (κ3) is 2.15. The van der Waals surface area contributed by atoms with Gasteiger partial charge in [-0.2, -0.15) is 0 Å². The molecule has 0 radical (unpaired) electrons. The number of nitrogens with two attached hydrogens (primary N) is 1. The summed E-state index contributed by atoms with van der Waals surface area (Å²) >= 11 is 5.89. The van der Waals surface area contributed by atoms with E-state index in [2.05, 4.69) is 9.97 Å². The van der Waals surface area contributed by atoms with Crippen LogP contribution in [0, 0.1) is 0 Å². The predicted molar refractivity (Wildman–Crippen MR) is 70.5 cm³/mol. The molecule has 1 unspecified atom stereocenters. The number of fused-ring (bicyclic) bond motifs is 1. The van der Waals surface area contributed by atoms with Crippen molar-refractivity contribution in [3.8, 4) is 0 Å². The zero-order chi connectivity index (χ0) is 12.5. The van der Waals surface area contributed by atoms with E-state index in [-0.39, 0.29) is 6.10 Å². The van der Waals surface area contributed by atoms with Crippen LogP contribution in [-0.2, 0) is 11.3 Å². The monoisotopic (exact) mass is 266 g/mol. The molecule has 5 nitrogen and oxygen atoms in total. The fourth-order valence-corrected chi connectivity index (χ4v) is 2.49. The number of imidazole rings is 1. The Hall–Kier alpha value is -1.33. The average Bonchev–Trinajstić information content (AvgIpc) is 2.66. The van der Waals surface area contributed by atoms with Gasteiger partial charge in [0.05, 0.1) is 17.7 Å². The molecule has 1 aliphatic rings. The lowest BCUT2D eigenvalue weighted by molar-refractivity contribution is 0.00686. The molecule has 0 saturated carbocycles. The summed E-state index contributed by atoms with van der Waals surface area (Å²) in [7, 11) is 0. The highest BCUT2D eigenvalue weighted by atomic mass is 35.5. The fourth-order valence-electron chi connectivity index (χ4n) is 2.34. The molecular weight excluding hydrogens is 252 g/mol. The fraction of sp³-hybridized carbons (Fsp3) is 0.500. The lowest BCUT2D eigenvalue weighted by Gasteiger charge is -2.23. The SMILES string of the molecule is Nc1nc2cc(Cl)cnc2n1CC1CCCCO1. The number of hydrogen-bond acceptors (Lipinski definition) is 4. The van der Waals surface area contributed by atoms with Gasteiger partial charge < -0.3 is 10.5 Å². The maximum absolute atomic E-state index is 5.93. The molecule has 3 rings (SSSR count). The van der Waals surface area contributed by atoms with Gasteiger partial charge in [-0.05, 0) is 25.3 Å². The van der Waals surface area contributed by atoms with Gasteiger partial charge in [-0.15, -0.1) is 0 Å². The van der Waals surface area contributed by atoms with Gasteiger partial charge in [0.25, 0.3) is 0 Å². The molecule has 1 saturated heterocycles. The maximum Gasteiger partial charge on any atom is 0.202 e. The van der Waals surface area contributed by atoms with Gasteiger partial charge in [0.2, 0.25) is 5.95 Å². The van der Waals surface area contributed by atoms with Crippen LogP contribution in [0.5, 0.6) is 0 Å². The van der Waals surface area contributed by atoms with Crippen LogP contribution in [0.3, 0.4) is 0 Å². The summed E-state index contributed by atoms with van der Waals surface area (Å²) in [4.78, 5) is 8.58. The third-order valence-electron chi connectivity index (χ3n) is 3.24. The molecule has 0 spiro atoms. The van der Waals surface area contributed by atoms with Gasteiger partial charge in [-0.1, -0.05) is 11.6 Å². The van der Waals surface area contributed by atoms with E-state index in [0.717, 1.165) is 30.6 Å². The summed E-state index contributed by atoms with van der Waals surface area (Å²) in [5.74, 6) is 0.467. The maximum atomic E-state index is 5.93. The number of nitrogens with zero attached hydrogens (tertiary/aromatic N) is 3. The van der Waals surface area contributed by atoms with Crippen molar-refractivity contribution in [3.63, 3.8) is 0 Å². The van der Waals surface area contributed by atoms with Crippen molar-refractivity contribution in [2.24, 2.45) is 0 Å². The van der Waals surface area contributed by atoms with Crippen LogP contribution in [0.25, 0.3) is 11.2 Å². The van der Waals surface area contributed by atoms with Crippen molar-refractivity contribution >= 4 is 28.7 Å². The molecule has 2 N–H and O–H groups in total. The minimum atomic E-state index is 0.205. The second-order valence-corrected chi connectivity index (χ2v) is 5.00. The Morgan fingerprint density at radius 1 is 1.50 bits per heavy atom. The Labute approximate surface area is 110 Å². The largest absolute Gasteiger partial charge is 0.376 e. The molecule has 1 atom stereocenters. The summed E-state index contributed by atoms with van der Waals surface area (Å²) in [5, 5.41) is 0.570. The predicted octanol–water partition coefficient (Wildman–Crippen LogP) is 2.24. The van der Waals surface area contributed by atoms with Gasteiger partial charge in [-0.25, -0.2) is 9.97 Å². The Balaban J connectivity index is 1.92. The van der Waals surface area contributed by atoms with Crippen LogP contribution in [0.1, 0.15) is 19.3 Å². The highest BCUT2D eigenvalue weighted by molar-refractivity contribution is 6.31. The summed E-state index contributed by atoms with van der Waals surface area (Å²) in [6.07, 6.45) is 5.23. The number of aromatic nitrogens is 3. The average molecular weight is 267 g/mol. The molecule has 0 bridgehead atoms. The quantitative estimate of drug-likeness (QED) is 0.905. The third-order valence-corrected chi connectivity index (χ3v) is 3.45. The van der Waals surface area contributed by atoms with Crippen LogP contribution >= 0.6 is 11.6 Å². The lowest BCUT2D eigenvalue weighted by Crippen LogP contribution is -2.25. The van der Waals surface area contributed by atoms with Crippen molar-refractivity contribution in [3.05, 3.63) is 17.3 Å². The normalized spacial score (nSPS) is 20.4. The summed E-state index contributed by atoms with van der Waals surface area (Å²) in [5.41, 5.74) is 7.44. The molecule has 2 aromatic rings. The highest BCUT2D eigenvalue weighted by Gasteiger charge is 2.18. The summed E-state index contributed by atoms with van der Waals surface area (Å²) in [6.45, 7) is 1.54. The topological polar surface area (TPSA) is 66.0 Å². The first-order valence-electron chi connectivity index (χ1n) is 6.13. The number of ether oxygens (including phenoxy) is 1. The van der Waals surface area contributed by atoms with Crippen molar-refractivity contribution in [1.29, 1.82) is 0 Å². The number of anilines is 1. The standard InChI is InChI=1S/C12H15ClN4O/c13-8-5-10-11(15-6-8)17(12(14)16-10)7-9-3-1-2-4-18-9/h5-6,9H,1-4,7H2,(H2,14,16). The van der Waals surface area contributed by atoms with Crippen LogP contribution in [0.4, 0.5) is 5.95 Å². The molecular formula is C12H15ClN4O. The second-order valence-electron chi connectivity index (χ2n) is 4.57. The molecule has 6 heteroatoms. The van der Waals surface area contributed by atoms with Gasteiger partial charge in [-0.3, -0.25) is 4.57 Å². The lowest BCUT2D eigenvalue weighted by atomic mass is 10.1. The van der Waals surface area contributed by atoms with Crippen molar-refractivity contribution in [2.45, 2.75) is 31.9 Å². The van der Waals surface area contributed by atoms with Gasteiger partial charge in [0.1, 0.15) is 5.52 Å². The van der Waals surface area contributed by atoms with Gasteiger partial charge >= 0.3 is 0 Å². The summed E-state index contributed by atoms with van der Waals surface area (Å²) in [6, 6.07) is 1.78. The first-order valence-corrected chi connectivity index (χ1v) is 6.50. The highest BCUT2D eigenvalue weighted by Crippen LogP contribution is 2.22. The van der Waals surface area contributed by atoms with E-state index in [4.69, 9.17) is 22.1 Å². The zero-order valence-electron chi connectivity index (χ0n) is 9.97. The van der Waals surface area contributed by atoms with Crippen LogP contribution < -0.4 is 5.73 Å². The Bertz CT molecular complexity index is 562. The molecule has 1 aliphatic heterocycles. The first kappa shape index (κ1) is 11.7. The number of rotatable bonds is 2. The van der Waals surface area contributed by atoms with Crippen molar-refractivity contribution in [2.75, 3.05) is 12.3 Å². The van der Waals surface area contributed by atoms with Crippen LogP contribution in [0.15, 0.2) is 12.3 Å². The molecule has 0 amide bonds. The number of halogens is 1. The minimum absolute atomic E-state index is 0.205. The van der Waals surface area contributed by atoms with Crippen molar-refractivity contribution in [1.82, 2.24) is 14.5 Å².